The number of ether oxygens (including phenoxy) is 2. The molecule has 4 rings (SSSR count). The lowest BCUT2D eigenvalue weighted by atomic mass is 10.0. The fourth-order valence-electron chi connectivity index (χ4n) is 3.67. The van der Waals surface area contributed by atoms with E-state index in [0.717, 1.165) is 22.5 Å². The Hall–Kier alpha value is -3.29. The molecule has 30 heavy (non-hydrogen) atoms. The van der Waals surface area contributed by atoms with E-state index in [2.05, 4.69) is 4.90 Å². The first-order valence-electron chi connectivity index (χ1n) is 9.83. The van der Waals surface area contributed by atoms with Gasteiger partial charge < -0.3 is 19.6 Å². The van der Waals surface area contributed by atoms with E-state index in [1.165, 1.54) is 5.06 Å². The third-order valence-corrected chi connectivity index (χ3v) is 5.36. The molecule has 0 atom stereocenters. The summed E-state index contributed by atoms with van der Waals surface area (Å²) in [6, 6.07) is 5.60. The van der Waals surface area contributed by atoms with Gasteiger partial charge in [0.15, 0.2) is 11.5 Å². The predicted octanol–water partition coefficient (Wildman–Crippen LogP) is 2.79. The minimum atomic E-state index is -0.127. The Bertz CT molecular complexity index is 982. The molecule has 0 spiro atoms. The molecule has 0 bridgehead atoms. The number of hydrogen-bond donors (Lipinski definition) is 1. The highest BCUT2D eigenvalue weighted by molar-refractivity contribution is 6.00. The largest absolute Gasteiger partial charge is 0.493 e. The average Bonchev–Trinajstić information content (AvgIpc) is 2.77. The molecular formula is C23H25N3O4. The van der Waals surface area contributed by atoms with Gasteiger partial charge in [-0.15, -0.1) is 0 Å². The van der Waals surface area contributed by atoms with Crippen molar-refractivity contribution >= 4 is 11.5 Å². The normalized spacial score (nSPS) is 24.0. The maximum atomic E-state index is 13.1. The van der Waals surface area contributed by atoms with E-state index in [4.69, 9.17) is 9.47 Å². The number of allylic oxidation sites excluding steroid dienone is 6. The van der Waals surface area contributed by atoms with E-state index in [-0.39, 0.29) is 5.91 Å². The summed E-state index contributed by atoms with van der Waals surface area (Å²) in [6.45, 7) is 2.57. The monoisotopic (exact) mass is 407 g/mol. The summed E-state index contributed by atoms with van der Waals surface area (Å²) in [6.07, 6.45) is 13.2. The molecular weight excluding hydrogens is 382 g/mol. The van der Waals surface area contributed by atoms with Gasteiger partial charge in [-0.2, -0.15) is 5.06 Å². The maximum absolute atomic E-state index is 13.1. The van der Waals surface area contributed by atoms with Crippen LogP contribution in [0.2, 0.25) is 0 Å². The van der Waals surface area contributed by atoms with Gasteiger partial charge in [-0.3, -0.25) is 9.69 Å². The van der Waals surface area contributed by atoms with E-state index in [1.54, 1.807) is 25.2 Å². The number of carbonyl (C=O) groups excluding carboxylic acids is 1. The third kappa shape index (κ3) is 4.03. The van der Waals surface area contributed by atoms with E-state index >= 15 is 0 Å². The molecule has 0 unspecified atom stereocenters. The van der Waals surface area contributed by atoms with Gasteiger partial charge >= 0.3 is 0 Å². The minimum Gasteiger partial charge on any atom is -0.493 e. The molecule has 156 valence electrons. The topological polar surface area (TPSA) is 65.5 Å². The highest BCUT2D eigenvalue weighted by atomic mass is 16.5. The summed E-state index contributed by atoms with van der Waals surface area (Å²) in [5.74, 6) is 1.13. The summed E-state index contributed by atoms with van der Waals surface area (Å²) in [5, 5.41) is 10.9. The Labute approximate surface area is 176 Å². The lowest BCUT2D eigenvalue weighted by molar-refractivity contribution is -0.122. The second kappa shape index (κ2) is 8.61. The maximum Gasteiger partial charge on any atom is 0.255 e. The van der Waals surface area contributed by atoms with Crippen LogP contribution >= 0.6 is 0 Å². The Morgan fingerprint density at radius 2 is 1.67 bits per heavy atom. The van der Waals surface area contributed by atoms with Crippen molar-refractivity contribution in [3.63, 3.8) is 0 Å². The summed E-state index contributed by atoms with van der Waals surface area (Å²) in [7, 11) is 3.18. The number of rotatable bonds is 4. The molecule has 0 aromatic heterocycles. The van der Waals surface area contributed by atoms with Crippen LogP contribution < -0.4 is 9.47 Å². The second-order valence-corrected chi connectivity index (χ2v) is 7.16. The average molecular weight is 407 g/mol. The second-order valence-electron chi connectivity index (χ2n) is 7.16. The number of hydrogen-bond acceptors (Lipinski definition) is 6. The summed E-state index contributed by atoms with van der Waals surface area (Å²) >= 11 is 0. The summed E-state index contributed by atoms with van der Waals surface area (Å²) in [4.78, 5) is 16.9. The number of piperazine rings is 1. The molecule has 3 aliphatic heterocycles. The number of methoxy groups -OCH3 is 2. The lowest BCUT2D eigenvalue weighted by Gasteiger charge is -2.35. The fourth-order valence-corrected chi connectivity index (χ4v) is 3.67. The van der Waals surface area contributed by atoms with Gasteiger partial charge in [0.05, 0.1) is 19.9 Å². The Morgan fingerprint density at radius 3 is 2.40 bits per heavy atom. The molecule has 0 saturated carbocycles. The molecule has 3 aliphatic rings. The zero-order valence-corrected chi connectivity index (χ0v) is 17.1. The van der Waals surface area contributed by atoms with Gasteiger partial charge in [0.1, 0.15) is 0 Å². The van der Waals surface area contributed by atoms with Gasteiger partial charge in [-0.25, -0.2) is 0 Å². The van der Waals surface area contributed by atoms with Crippen LogP contribution in [-0.4, -0.2) is 66.4 Å². The molecule has 0 radical (unpaired) electrons. The van der Waals surface area contributed by atoms with E-state index in [9.17, 15) is 10.0 Å². The number of hydroxylamine groups is 2. The molecule has 1 fully saturated rings. The Morgan fingerprint density at radius 1 is 0.933 bits per heavy atom. The van der Waals surface area contributed by atoms with Gasteiger partial charge in [0, 0.05) is 44.2 Å². The van der Waals surface area contributed by atoms with Crippen LogP contribution in [0.5, 0.6) is 11.5 Å². The Kier molecular flexibility index (Phi) is 5.74. The van der Waals surface area contributed by atoms with Crippen molar-refractivity contribution < 1.29 is 19.5 Å². The van der Waals surface area contributed by atoms with E-state index in [1.807, 2.05) is 54.8 Å². The van der Waals surface area contributed by atoms with Crippen LogP contribution in [0.4, 0.5) is 0 Å². The molecule has 0 aliphatic carbocycles. The van der Waals surface area contributed by atoms with Crippen LogP contribution in [0, 0.1) is 0 Å². The van der Waals surface area contributed by atoms with Crippen molar-refractivity contribution in [3.05, 3.63) is 77.8 Å². The van der Waals surface area contributed by atoms with E-state index < -0.39 is 0 Å². The van der Waals surface area contributed by atoms with Crippen LogP contribution in [0.25, 0.3) is 5.57 Å². The molecule has 1 amide bonds. The molecule has 7 nitrogen and oxygen atoms in total. The molecule has 1 saturated heterocycles. The van der Waals surface area contributed by atoms with Gasteiger partial charge in [0.2, 0.25) is 0 Å². The van der Waals surface area contributed by atoms with Crippen LogP contribution in [0.15, 0.2) is 72.2 Å². The number of benzene rings is 1. The summed E-state index contributed by atoms with van der Waals surface area (Å²) in [5.41, 5.74) is 3.42. The highest BCUT2D eigenvalue weighted by Gasteiger charge is 2.23. The quantitative estimate of drug-likeness (QED) is 0.828. The minimum absolute atomic E-state index is 0.127. The van der Waals surface area contributed by atoms with Crippen molar-refractivity contribution in [3.8, 4) is 11.5 Å². The van der Waals surface area contributed by atoms with Gasteiger partial charge in [-0.05, 0) is 41.5 Å². The van der Waals surface area contributed by atoms with Gasteiger partial charge in [0.25, 0.3) is 5.91 Å². The van der Waals surface area contributed by atoms with Crippen molar-refractivity contribution in [1.29, 1.82) is 0 Å². The summed E-state index contributed by atoms with van der Waals surface area (Å²) < 4.78 is 10.7. The zero-order valence-electron chi connectivity index (χ0n) is 17.1. The van der Waals surface area contributed by atoms with Crippen LogP contribution in [-0.2, 0) is 4.79 Å². The highest BCUT2D eigenvalue weighted by Crippen LogP contribution is 2.32. The SMILES string of the molecule is COc1ccc(C2=C\C(=O)N3C=C(N4CCN(O)CC4)C=C\C3=C/C=C/2)cc1OC. The zero-order chi connectivity index (χ0) is 21.1. The standard InChI is InChI=1S/C23H25N3O4/c1-29-21-9-6-18(14-22(21)30-2)17-4-3-5-19-7-8-20(16-26(19)23(27)15-17)24-10-12-25(28)13-11-24/h3-9,14-16,28H,10-13H2,1-2H3/b4-3+,17-15+,19-5+. The number of amides is 1. The van der Waals surface area contributed by atoms with Crippen LogP contribution in [0.3, 0.4) is 0 Å². The molecule has 1 aromatic carbocycles. The number of nitrogens with zero attached hydrogens (tertiary/aromatic N) is 3. The van der Waals surface area contributed by atoms with Crippen LogP contribution in [0.1, 0.15) is 5.56 Å². The van der Waals surface area contributed by atoms with Crippen molar-refractivity contribution in [1.82, 2.24) is 14.9 Å². The van der Waals surface area contributed by atoms with Crippen molar-refractivity contribution in [2.45, 2.75) is 0 Å². The smallest absolute Gasteiger partial charge is 0.255 e. The molecule has 3 heterocycles. The molecule has 1 aromatic rings. The van der Waals surface area contributed by atoms with E-state index in [0.29, 0.717) is 37.7 Å². The Balaban J connectivity index is 1.63. The third-order valence-electron chi connectivity index (χ3n) is 5.36. The first kappa shape index (κ1) is 20.0. The van der Waals surface area contributed by atoms with Crippen molar-refractivity contribution in [2.75, 3.05) is 40.4 Å². The molecule has 1 N–H and O–H groups in total. The van der Waals surface area contributed by atoms with Crippen molar-refractivity contribution in [2.24, 2.45) is 0 Å². The number of fused-ring (bicyclic) bond motifs is 1. The first-order valence-corrected chi connectivity index (χ1v) is 9.83. The molecule has 7 heteroatoms. The lowest BCUT2D eigenvalue weighted by Crippen LogP contribution is -2.44. The predicted molar refractivity (Wildman–Crippen MR) is 114 cm³/mol. The van der Waals surface area contributed by atoms with Gasteiger partial charge in [-0.1, -0.05) is 18.2 Å². The fraction of sp³-hybridized carbons (Fsp3) is 0.261. The number of carbonyl (C=O) groups is 1. The first-order chi connectivity index (χ1) is 14.6.